The summed E-state index contributed by atoms with van der Waals surface area (Å²) in [7, 11) is 0. The summed E-state index contributed by atoms with van der Waals surface area (Å²) in [5, 5.41) is 21.2. The van der Waals surface area contributed by atoms with Crippen molar-refractivity contribution in [1.82, 2.24) is 10.2 Å². The summed E-state index contributed by atoms with van der Waals surface area (Å²) < 4.78 is 0. The smallest absolute Gasteiger partial charge is 0.352 e. The van der Waals surface area contributed by atoms with E-state index in [1.807, 2.05) is 0 Å². The van der Waals surface area contributed by atoms with Crippen molar-refractivity contribution in [3.05, 3.63) is 47.2 Å². The predicted octanol–water partition coefficient (Wildman–Crippen LogP) is 0.289. The molecule has 1 saturated heterocycles. The average Bonchev–Trinajstić information content (AvgIpc) is 2.64. The minimum Gasteiger partial charge on any atom is -0.477 e. The van der Waals surface area contributed by atoms with E-state index in [1.54, 1.807) is 19.1 Å². The number of amides is 2. The summed E-state index contributed by atoms with van der Waals surface area (Å²) in [6.07, 6.45) is 0.401. The Hall–Kier alpha value is -2.65. The first-order chi connectivity index (χ1) is 12.3. The van der Waals surface area contributed by atoms with E-state index in [2.05, 4.69) is 5.32 Å². The highest BCUT2D eigenvalue weighted by Gasteiger charge is 2.54. The number of β-lactam (4-membered cyclic amide) rings is 1. The predicted molar refractivity (Wildman–Crippen MR) is 92.1 cm³/mol. The SMILES string of the molecule is CC1C=C(C(=O)O)N2C(=O)C(NC(=O)C(O)c3ccccc3C=O)[C@@H]2S1. The Morgan fingerprint density at radius 1 is 1.35 bits per heavy atom. The molecule has 2 amide bonds. The van der Waals surface area contributed by atoms with Crippen LogP contribution in [0, 0.1) is 0 Å². The van der Waals surface area contributed by atoms with Crippen LogP contribution in [0.25, 0.3) is 0 Å². The number of nitrogens with one attached hydrogen (secondary N) is 1. The molecule has 0 radical (unpaired) electrons. The summed E-state index contributed by atoms with van der Waals surface area (Å²) >= 11 is 1.34. The standard InChI is InChI=1S/C17H16N2O6S/c1-8-6-11(17(24)25)19-15(23)12(16(19)26-8)18-14(22)13(21)10-5-3-2-4-9(10)7-20/h2-8,12-13,16,21H,1H3,(H,18,22)(H,24,25)/t8?,12?,13?,16-/m0/s1. The number of hydrogen-bond donors (Lipinski definition) is 3. The minimum absolute atomic E-state index is 0.108. The molecule has 9 heteroatoms. The third-order valence-corrected chi connectivity index (χ3v) is 5.56. The number of carbonyl (C=O) groups is 4. The van der Waals surface area contributed by atoms with Gasteiger partial charge in [-0.3, -0.25) is 19.3 Å². The number of aliphatic hydroxyl groups excluding tert-OH is 1. The largest absolute Gasteiger partial charge is 0.477 e. The first-order valence-corrected chi connectivity index (χ1v) is 8.75. The molecular formula is C17H16N2O6S. The Morgan fingerprint density at radius 3 is 2.69 bits per heavy atom. The number of thioether (sulfide) groups is 1. The number of nitrogens with zero attached hydrogens (tertiary/aromatic N) is 1. The second-order valence-corrected chi connectivity index (χ2v) is 7.43. The molecule has 1 fully saturated rings. The molecule has 0 spiro atoms. The maximum Gasteiger partial charge on any atom is 0.352 e. The van der Waals surface area contributed by atoms with E-state index in [0.717, 1.165) is 4.90 Å². The van der Waals surface area contributed by atoms with E-state index in [-0.39, 0.29) is 22.1 Å². The minimum atomic E-state index is -1.61. The molecule has 26 heavy (non-hydrogen) atoms. The summed E-state index contributed by atoms with van der Waals surface area (Å²) in [5.74, 6) is -2.58. The van der Waals surface area contributed by atoms with E-state index >= 15 is 0 Å². The molecule has 8 nitrogen and oxygen atoms in total. The van der Waals surface area contributed by atoms with Crippen molar-refractivity contribution in [3.8, 4) is 0 Å². The van der Waals surface area contributed by atoms with Crippen LogP contribution in [0.4, 0.5) is 0 Å². The van der Waals surface area contributed by atoms with E-state index < -0.39 is 35.3 Å². The van der Waals surface area contributed by atoms with Gasteiger partial charge in [0.1, 0.15) is 23.4 Å². The normalized spacial score (nSPS) is 25.5. The third kappa shape index (κ3) is 2.99. The fourth-order valence-electron chi connectivity index (χ4n) is 2.97. The number of carboxylic acid groups (broad SMARTS) is 1. The van der Waals surface area contributed by atoms with Gasteiger partial charge in [0.05, 0.1) is 0 Å². The zero-order valence-electron chi connectivity index (χ0n) is 13.7. The molecule has 0 saturated carbocycles. The van der Waals surface area contributed by atoms with Crippen LogP contribution in [-0.4, -0.2) is 55.8 Å². The van der Waals surface area contributed by atoms with Gasteiger partial charge in [-0.15, -0.1) is 11.8 Å². The first-order valence-electron chi connectivity index (χ1n) is 7.81. The summed E-state index contributed by atoms with van der Waals surface area (Å²) in [6.45, 7) is 1.79. The molecule has 2 aliphatic heterocycles. The van der Waals surface area contributed by atoms with E-state index in [9.17, 15) is 29.4 Å². The Morgan fingerprint density at radius 2 is 2.04 bits per heavy atom. The van der Waals surface area contributed by atoms with E-state index in [4.69, 9.17) is 0 Å². The molecule has 3 N–H and O–H groups in total. The molecule has 0 aromatic heterocycles. The second kappa shape index (κ2) is 6.93. The highest BCUT2D eigenvalue weighted by Crippen LogP contribution is 2.40. The molecule has 3 rings (SSSR count). The van der Waals surface area contributed by atoms with Crippen molar-refractivity contribution in [2.45, 2.75) is 29.7 Å². The number of aliphatic hydroxyl groups is 1. The van der Waals surface area contributed by atoms with E-state index in [1.165, 1.54) is 30.0 Å². The molecule has 4 atom stereocenters. The van der Waals surface area contributed by atoms with Crippen LogP contribution >= 0.6 is 11.8 Å². The lowest BCUT2D eigenvalue weighted by Gasteiger charge is -2.49. The van der Waals surface area contributed by atoms with Crippen LogP contribution in [0.3, 0.4) is 0 Å². The summed E-state index contributed by atoms with van der Waals surface area (Å²) in [6, 6.07) is 5.17. The van der Waals surface area contributed by atoms with Gasteiger partial charge in [0.25, 0.3) is 11.8 Å². The van der Waals surface area contributed by atoms with E-state index in [0.29, 0.717) is 6.29 Å². The fraction of sp³-hybridized carbons (Fsp3) is 0.294. The molecular weight excluding hydrogens is 360 g/mol. The van der Waals surface area contributed by atoms with Crippen molar-refractivity contribution < 1.29 is 29.4 Å². The van der Waals surface area contributed by atoms with Crippen molar-refractivity contribution in [2.75, 3.05) is 0 Å². The lowest BCUT2D eigenvalue weighted by molar-refractivity contribution is -0.151. The van der Waals surface area contributed by atoms with Crippen LogP contribution in [0.1, 0.15) is 28.9 Å². The third-order valence-electron chi connectivity index (χ3n) is 4.23. The number of aldehydes is 1. The van der Waals surface area contributed by atoms with Gasteiger partial charge < -0.3 is 15.5 Å². The number of rotatable bonds is 5. The van der Waals surface area contributed by atoms with Crippen LogP contribution in [-0.2, 0) is 14.4 Å². The molecule has 3 unspecified atom stereocenters. The van der Waals surface area contributed by atoms with Gasteiger partial charge >= 0.3 is 5.97 Å². The lowest BCUT2D eigenvalue weighted by Crippen LogP contribution is -2.70. The second-order valence-electron chi connectivity index (χ2n) is 5.93. The van der Waals surface area contributed by atoms with Crippen molar-refractivity contribution >= 4 is 35.8 Å². The fourth-order valence-corrected chi connectivity index (χ4v) is 4.30. The number of fused-ring (bicyclic) bond motifs is 1. The molecule has 136 valence electrons. The molecule has 0 aliphatic carbocycles. The Labute approximate surface area is 152 Å². The number of aliphatic carboxylic acids is 1. The topological polar surface area (TPSA) is 124 Å². The molecule has 2 heterocycles. The number of benzene rings is 1. The Balaban J connectivity index is 1.75. The maximum atomic E-state index is 12.3. The van der Waals surface area contributed by atoms with Crippen LogP contribution in [0.2, 0.25) is 0 Å². The van der Waals surface area contributed by atoms with Crippen molar-refractivity contribution in [1.29, 1.82) is 0 Å². The summed E-state index contributed by atoms with van der Waals surface area (Å²) in [4.78, 5) is 48.1. The highest BCUT2D eigenvalue weighted by molar-refractivity contribution is 8.00. The number of carboxylic acids is 1. The maximum absolute atomic E-state index is 12.3. The van der Waals surface area contributed by atoms with Gasteiger partial charge in [-0.05, 0) is 13.0 Å². The van der Waals surface area contributed by atoms with Gasteiger partial charge in [0.15, 0.2) is 6.10 Å². The molecule has 0 bridgehead atoms. The van der Waals surface area contributed by atoms with Crippen molar-refractivity contribution in [2.24, 2.45) is 0 Å². The summed E-state index contributed by atoms with van der Waals surface area (Å²) in [5.41, 5.74) is 0.205. The number of hydrogen-bond acceptors (Lipinski definition) is 6. The zero-order chi connectivity index (χ0) is 19.0. The van der Waals surface area contributed by atoms with Crippen LogP contribution < -0.4 is 5.32 Å². The van der Waals surface area contributed by atoms with Gasteiger partial charge in [0.2, 0.25) is 0 Å². The Kier molecular flexibility index (Phi) is 4.84. The van der Waals surface area contributed by atoms with Crippen molar-refractivity contribution in [3.63, 3.8) is 0 Å². The van der Waals surface area contributed by atoms with Gasteiger partial charge in [-0.1, -0.05) is 24.3 Å². The quantitative estimate of drug-likeness (QED) is 0.498. The zero-order valence-corrected chi connectivity index (χ0v) is 14.5. The highest BCUT2D eigenvalue weighted by atomic mass is 32.2. The van der Waals surface area contributed by atoms with Crippen LogP contribution in [0.15, 0.2) is 36.0 Å². The average molecular weight is 376 g/mol. The van der Waals surface area contributed by atoms with Gasteiger partial charge in [0, 0.05) is 16.4 Å². The molecule has 1 aromatic rings. The van der Waals surface area contributed by atoms with Crippen LogP contribution in [0.5, 0.6) is 0 Å². The monoisotopic (exact) mass is 376 g/mol. The molecule has 1 aromatic carbocycles. The molecule has 2 aliphatic rings. The Bertz CT molecular complexity index is 823. The number of carbonyl (C=O) groups excluding carboxylic acids is 3. The first kappa shape index (κ1) is 18.2. The van der Waals surface area contributed by atoms with Gasteiger partial charge in [-0.25, -0.2) is 4.79 Å². The lowest BCUT2D eigenvalue weighted by atomic mass is 10.0. The van der Waals surface area contributed by atoms with Gasteiger partial charge in [-0.2, -0.15) is 0 Å².